The average molecular weight is 611 g/mol. The minimum Gasteiger partial charge on any atom is -0.504 e. The average Bonchev–Trinajstić information content (AvgIpc) is 3.19. The molecule has 0 aromatic heterocycles. The number of fused-ring (bicyclic) bond motifs is 1. The van der Waals surface area contributed by atoms with Crippen LogP contribution < -0.4 is 28.4 Å². The second kappa shape index (κ2) is 12.8. The highest BCUT2D eigenvalue weighted by atomic mass is 19.2. The number of rotatable bonds is 9. The molecular weight excluding hydrogens is 589 g/mol. The Balaban J connectivity index is 1.69. The van der Waals surface area contributed by atoms with Gasteiger partial charge in [0.15, 0.2) is 23.0 Å². The van der Waals surface area contributed by atoms with Gasteiger partial charge in [-0.2, -0.15) is 8.78 Å². The molecule has 0 atom stereocenters. The molecule has 0 bridgehead atoms. The monoisotopic (exact) mass is 611 g/mol. The van der Waals surface area contributed by atoms with E-state index in [9.17, 15) is 31.9 Å². The van der Waals surface area contributed by atoms with Crippen molar-refractivity contribution in [2.45, 2.75) is 0 Å². The minimum atomic E-state index is -2.41. The van der Waals surface area contributed by atoms with Gasteiger partial charge in [-0.05, 0) is 35.4 Å². The van der Waals surface area contributed by atoms with Crippen LogP contribution in [0.25, 0.3) is 5.57 Å². The van der Waals surface area contributed by atoms with Gasteiger partial charge < -0.3 is 38.4 Å². The summed E-state index contributed by atoms with van der Waals surface area (Å²) in [6.07, 6.45) is 1.48. The lowest BCUT2D eigenvalue weighted by Crippen LogP contribution is -2.18. The SMILES string of the molecule is COc1ccc(C2=C/C(=N\OCC(=O)Oc3c(F)c(F)c(F)c(F)c3F)COc3c2cc(OC)c(OC)c3OC)cc1O. The van der Waals surface area contributed by atoms with Crippen LogP contribution in [0.3, 0.4) is 0 Å². The van der Waals surface area contributed by atoms with Gasteiger partial charge in [0.1, 0.15) is 12.3 Å². The summed E-state index contributed by atoms with van der Waals surface area (Å²) >= 11 is 0. The number of carbonyl (C=O) groups is 1. The van der Waals surface area contributed by atoms with Crippen molar-refractivity contribution < 1.29 is 65.1 Å². The summed E-state index contributed by atoms with van der Waals surface area (Å²) in [5.41, 5.74) is 1.30. The third-order valence-corrected chi connectivity index (χ3v) is 5.99. The standard InChI is InChI=1S/C28H22F5NO9/c1-37-17-6-5-12(7-16(17)35)14-8-13(10-41-25-15(14)9-18(38-2)26(39-3)28(25)40-4)34-42-11-19(36)43-27-23(32)21(30)20(29)22(31)24(27)33/h5-9,35H,10-11H2,1-4H3/b34-13+. The highest BCUT2D eigenvalue weighted by Crippen LogP contribution is 2.50. The van der Waals surface area contributed by atoms with Crippen LogP contribution in [-0.4, -0.2) is 58.4 Å². The zero-order valence-corrected chi connectivity index (χ0v) is 22.9. The Kier molecular flexibility index (Phi) is 9.12. The fourth-order valence-corrected chi connectivity index (χ4v) is 4.04. The van der Waals surface area contributed by atoms with Crippen molar-refractivity contribution in [3.8, 4) is 40.2 Å². The molecular formula is C28H22F5NO9. The van der Waals surface area contributed by atoms with Crippen LogP contribution in [0.2, 0.25) is 0 Å². The molecule has 1 aliphatic heterocycles. The van der Waals surface area contributed by atoms with Gasteiger partial charge in [-0.25, -0.2) is 18.0 Å². The van der Waals surface area contributed by atoms with Crippen LogP contribution in [0.5, 0.6) is 40.2 Å². The van der Waals surface area contributed by atoms with Crippen molar-refractivity contribution in [3.63, 3.8) is 0 Å². The van der Waals surface area contributed by atoms with Crippen LogP contribution in [0.1, 0.15) is 11.1 Å². The number of halogens is 5. The maximum absolute atomic E-state index is 13.9. The highest BCUT2D eigenvalue weighted by Gasteiger charge is 2.30. The summed E-state index contributed by atoms with van der Waals surface area (Å²) in [6.45, 7) is -1.37. The van der Waals surface area contributed by atoms with Crippen molar-refractivity contribution in [2.24, 2.45) is 5.16 Å². The first-order valence-corrected chi connectivity index (χ1v) is 12.0. The fourth-order valence-electron chi connectivity index (χ4n) is 4.04. The molecule has 15 heteroatoms. The lowest BCUT2D eigenvalue weighted by molar-refractivity contribution is -0.139. The molecule has 0 unspecified atom stereocenters. The lowest BCUT2D eigenvalue weighted by atomic mass is 9.95. The van der Waals surface area contributed by atoms with E-state index in [0.717, 1.165) is 0 Å². The first kappa shape index (κ1) is 30.7. The van der Waals surface area contributed by atoms with Crippen molar-refractivity contribution in [2.75, 3.05) is 41.7 Å². The molecule has 1 N–H and O–H groups in total. The molecule has 0 radical (unpaired) electrons. The molecule has 3 aromatic rings. The Hall–Kier alpha value is -5.21. The Morgan fingerprint density at radius 3 is 2.05 bits per heavy atom. The predicted octanol–water partition coefficient (Wildman–Crippen LogP) is 4.92. The van der Waals surface area contributed by atoms with Gasteiger partial charge in [0, 0.05) is 5.56 Å². The summed E-state index contributed by atoms with van der Waals surface area (Å²) in [6, 6.07) is 6.14. The van der Waals surface area contributed by atoms with E-state index in [2.05, 4.69) is 9.89 Å². The molecule has 0 saturated carbocycles. The van der Waals surface area contributed by atoms with E-state index >= 15 is 0 Å². The third kappa shape index (κ3) is 5.91. The predicted molar refractivity (Wildman–Crippen MR) is 139 cm³/mol. The topological polar surface area (TPSA) is 114 Å². The summed E-state index contributed by atoms with van der Waals surface area (Å²) in [4.78, 5) is 17.1. The quantitative estimate of drug-likeness (QED) is 0.0899. The van der Waals surface area contributed by atoms with Crippen LogP contribution >= 0.6 is 0 Å². The van der Waals surface area contributed by atoms with E-state index in [0.29, 0.717) is 16.7 Å². The van der Waals surface area contributed by atoms with Gasteiger partial charge in [0.2, 0.25) is 52.9 Å². The van der Waals surface area contributed by atoms with Gasteiger partial charge in [0.25, 0.3) is 0 Å². The number of phenolic OH excluding ortho intramolecular Hbond substituents is 1. The maximum Gasteiger partial charge on any atom is 0.352 e. The van der Waals surface area contributed by atoms with Crippen molar-refractivity contribution in [1.82, 2.24) is 0 Å². The van der Waals surface area contributed by atoms with Crippen LogP contribution in [0.4, 0.5) is 22.0 Å². The van der Waals surface area contributed by atoms with Crippen LogP contribution in [0, 0.1) is 29.1 Å². The molecule has 0 saturated heterocycles. The molecule has 1 heterocycles. The number of nitrogens with zero attached hydrogens (tertiary/aromatic N) is 1. The second-order valence-electron chi connectivity index (χ2n) is 8.48. The molecule has 3 aromatic carbocycles. The molecule has 0 aliphatic carbocycles. The van der Waals surface area contributed by atoms with Crippen molar-refractivity contribution in [3.05, 3.63) is 70.6 Å². The highest BCUT2D eigenvalue weighted by molar-refractivity contribution is 6.06. The van der Waals surface area contributed by atoms with Gasteiger partial charge in [-0.1, -0.05) is 11.2 Å². The van der Waals surface area contributed by atoms with Crippen molar-refractivity contribution in [1.29, 1.82) is 0 Å². The molecule has 10 nitrogen and oxygen atoms in total. The normalized spacial score (nSPS) is 13.3. The second-order valence-corrected chi connectivity index (χ2v) is 8.48. The lowest BCUT2D eigenvalue weighted by Gasteiger charge is -2.19. The first-order chi connectivity index (χ1) is 20.6. The summed E-state index contributed by atoms with van der Waals surface area (Å²) < 4.78 is 99.6. The van der Waals surface area contributed by atoms with Gasteiger partial charge >= 0.3 is 5.97 Å². The first-order valence-electron chi connectivity index (χ1n) is 12.0. The zero-order valence-electron chi connectivity index (χ0n) is 22.9. The summed E-state index contributed by atoms with van der Waals surface area (Å²) in [5.74, 6) is -14.1. The Morgan fingerprint density at radius 2 is 1.47 bits per heavy atom. The van der Waals surface area contributed by atoms with E-state index in [4.69, 9.17) is 28.5 Å². The molecule has 0 fully saturated rings. The molecule has 228 valence electrons. The number of methoxy groups -OCH3 is 4. The summed E-state index contributed by atoms with van der Waals surface area (Å²) in [5, 5.41) is 14.2. The van der Waals surface area contributed by atoms with Gasteiger partial charge in [0.05, 0.1) is 28.4 Å². The van der Waals surface area contributed by atoms with Crippen molar-refractivity contribution >= 4 is 17.3 Å². The molecule has 0 amide bonds. The number of carbonyl (C=O) groups excluding carboxylic acids is 1. The van der Waals surface area contributed by atoms with Gasteiger partial charge in [-0.15, -0.1) is 0 Å². The number of phenols is 1. The molecule has 1 aliphatic rings. The fraction of sp³-hybridized carbons (Fsp3) is 0.214. The molecule has 4 rings (SSSR count). The van der Waals surface area contributed by atoms with E-state index < -0.39 is 47.4 Å². The molecule has 0 spiro atoms. The Labute approximate surface area is 240 Å². The van der Waals surface area contributed by atoms with Gasteiger partial charge in [-0.3, -0.25) is 0 Å². The minimum absolute atomic E-state index is 0.0468. The zero-order chi connectivity index (χ0) is 31.4. The number of benzene rings is 3. The van der Waals surface area contributed by atoms with Crippen LogP contribution in [0.15, 0.2) is 35.5 Å². The number of aromatic hydroxyl groups is 1. The smallest absolute Gasteiger partial charge is 0.352 e. The number of hydrogen-bond acceptors (Lipinski definition) is 10. The maximum atomic E-state index is 13.9. The summed E-state index contributed by atoms with van der Waals surface area (Å²) in [7, 11) is 5.57. The largest absolute Gasteiger partial charge is 0.504 e. The van der Waals surface area contributed by atoms with E-state index in [1.54, 1.807) is 12.1 Å². The van der Waals surface area contributed by atoms with E-state index in [1.165, 1.54) is 46.6 Å². The number of oxime groups is 1. The van der Waals surface area contributed by atoms with Crippen LogP contribution in [-0.2, 0) is 9.63 Å². The van der Waals surface area contributed by atoms with E-state index in [-0.39, 0.29) is 46.8 Å². The number of ether oxygens (including phenoxy) is 6. The third-order valence-electron chi connectivity index (χ3n) is 5.99. The molecule has 43 heavy (non-hydrogen) atoms. The Morgan fingerprint density at radius 1 is 0.837 bits per heavy atom. The number of hydrogen-bond donors (Lipinski definition) is 1. The number of esters is 1. The van der Waals surface area contributed by atoms with E-state index in [1.807, 2.05) is 0 Å². The Bertz CT molecular complexity index is 1610.